The molecule has 15 heavy (non-hydrogen) atoms. The lowest BCUT2D eigenvalue weighted by molar-refractivity contribution is 1.66. The summed E-state index contributed by atoms with van der Waals surface area (Å²) in [5, 5.41) is 0. The van der Waals surface area contributed by atoms with Gasteiger partial charge < -0.3 is 0 Å². The standard InChI is InChI=1S/C13H22Si2/c1-14(2,3)15(4,5)12-11-13-9-7-6-8-10-13/h6-12H,1-5H3/b12-11+. The summed E-state index contributed by atoms with van der Waals surface area (Å²) < 4.78 is 0. The Balaban J connectivity index is 2.83. The van der Waals surface area contributed by atoms with Crippen LogP contribution in [0.25, 0.3) is 6.08 Å². The summed E-state index contributed by atoms with van der Waals surface area (Å²) in [4.78, 5) is 0. The van der Waals surface area contributed by atoms with Crippen LogP contribution >= 0.6 is 0 Å². The first kappa shape index (κ1) is 12.5. The fraction of sp³-hybridized carbons (Fsp3) is 0.385. The van der Waals surface area contributed by atoms with E-state index < -0.39 is 15.2 Å². The third-order valence-corrected chi connectivity index (χ3v) is 20.4. The predicted molar refractivity (Wildman–Crippen MR) is 76.3 cm³/mol. The largest absolute Gasteiger partial charge is 0.0965 e. The van der Waals surface area contributed by atoms with Crippen LogP contribution in [0, 0.1) is 0 Å². The first-order valence-electron chi connectivity index (χ1n) is 5.57. The highest BCUT2D eigenvalue weighted by atomic mass is 29.3. The number of benzene rings is 1. The summed E-state index contributed by atoms with van der Waals surface area (Å²) in [5.74, 6) is 0. The SMILES string of the molecule is C[Si](C)(C)[Si](C)(C)/C=C/c1ccccc1. The Morgan fingerprint density at radius 3 is 1.87 bits per heavy atom. The Hall–Kier alpha value is -0.606. The topological polar surface area (TPSA) is 0 Å². The zero-order valence-corrected chi connectivity index (χ0v) is 12.5. The van der Waals surface area contributed by atoms with Crippen LogP contribution in [0.4, 0.5) is 0 Å². The molecular formula is C13H22Si2. The van der Waals surface area contributed by atoms with E-state index in [0.717, 1.165) is 0 Å². The van der Waals surface area contributed by atoms with E-state index in [4.69, 9.17) is 0 Å². The lowest BCUT2D eigenvalue weighted by atomic mass is 10.2. The van der Waals surface area contributed by atoms with Gasteiger partial charge in [0, 0.05) is 7.59 Å². The monoisotopic (exact) mass is 234 g/mol. The molecule has 0 unspecified atom stereocenters. The fourth-order valence-corrected chi connectivity index (χ4v) is 3.98. The van der Waals surface area contributed by atoms with Crippen molar-refractivity contribution in [1.29, 1.82) is 0 Å². The zero-order chi connectivity index (χ0) is 11.5. The first-order valence-corrected chi connectivity index (χ1v) is 13.1. The fourth-order valence-electron chi connectivity index (χ4n) is 1.12. The van der Waals surface area contributed by atoms with Gasteiger partial charge in [0.25, 0.3) is 0 Å². The summed E-state index contributed by atoms with van der Waals surface area (Å²) in [5.41, 5.74) is 3.84. The number of hydrogen-bond acceptors (Lipinski definition) is 0. The third-order valence-electron chi connectivity index (χ3n) is 3.43. The van der Waals surface area contributed by atoms with E-state index in [1.807, 2.05) is 0 Å². The van der Waals surface area contributed by atoms with Crippen LogP contribution in [0.1, 0.15) is 5.56 Å². The zero-order valence-electron chi connectivity index (χ0n) is 10.5. The highest BCUT2D eigenvalue weighted by Gasteiger charge is 2.33. The summed E-state index contributed by atoms with van der Waals surface area (Å²) in [7, 11) is -2.12. The molecule has 0 saturated heterocycles. The minimum absolute atomic E-state index is 0.987. The Kier molecular flexibility index (Phi) is 3.73. The molecule has 0 aliphatic carbocycles. The average molecular weight is 234 g/mol. The van der Waals surface area contributed by atoms with Gasteiger partial charge in [-0.1, -0.05) is 74.8 Å². The Bertz CT molecular complexity index is 331. The smallest absolute Gasteiger partial charge is 0.0645 e. The van der Waals surface area contributed by atoms with E-state index in [1.165, 1.54) is 5.56 Å². The van der Waals surface area contributed by atoms with Crippen molar-refractivity contribution in [2.45, 2.75) is 32.7 Å². The molecule has 0 amide bonds. The quantitative estimate of drug-likeness (QED) is 0.682. The van der Waals surface area contributed by atoms with Crippen molar-refractivity contribution in [2.75, 3.05) is 0 Å². The van der Waals surface area contributed by atoms with Crippen LogP contribution in [-0.4, -0.2) is 15.2 Å². The predicted octanol–water partition coefficient (Wildman–Crippen LogP) is 4.36. The minimum Gasteiger partial charge on any atom is -0.0965 e. The van der Waals surface area contributed by atoms with Gasteiger partial charge in [0.2, 0.25) is 0 Å². The summed E-state index contributed by atoms with van der Waals surface area (Å²) in [6.07, 6.45) is 2.31. The van der Waals surface area contributed by atoms with Crippen molar-refractivity contribution in [3.8, 4) is 0 Å². The Morgan fingerprint density at radius 2 is 1.40 bits per heavy atom. The van der Waals surface area contributed by atoms with E-state index in [0.29, 0.717) is 0 Å². The van der Waals surface area contributed by atoms with Crippen LogP contribution in [0.2, 0.25) is 32.7 Å². The highest BCUT2D eigenvalue weighted by Crippen LogP contribution is 2.20. The second-order valence-electron chi connectivity index (χ2n) is 5.72. The maximum atomic E-state index is 2.51. The van der Waals surface area contributed by atoms with E-state index in [2.05, 4.69) is 74.8 Å². The van der Waals surface area contributed by atoms with E-state index in [9.17, 15) is 0 Å². The van der Waals surface area contributed by atoms with Gasteiger partial charge in [-0.05, 0) is 5.56 Å². The lowest BCUT2D eigenvalue weighted by Gasteiger charge is -2.32. The van der Waals surface area contributed by atoms with Crippen LogP contribution in [0.3, 0.4) is 0 Å². The van der Waals surface area contributed by atoms with Gasteiger partial charge in [0.05, 0.1) is 7.59 Å². The number of rotatable bonds is 3. The van der Waals surface area contributed by atoms with E-state index >= 15 is 0 Å². The molecule has 1 rings (SSSR count). The van der Waals surface area contributed by atoms with Crippen molar-refractivity contribution >= 4 is 21.3 Å². The molecule has 82 valence electrons. The van der Waals surface area contributed by atoms with Gasteiger partial charge in [-0.3, -0.25) is 0 Å². The first-order chi connectivity index (χ1) is 6.83. The molecule has 0 atom stereocenters. The Morgan fingerprint density at radius 1 is 0.867 bits per heavy atom. The van der Waals surface area contributed by atoms with Crippen LogP contribution in [0.15, 0.2) is 36.0 Å². The molecule has 0 aliphatic rings. The molecule has 0 saturated carbocycles. The molecule has 1 aromatic rings. The summed E-state index contributed by atoms with van der Waals surface area (Å²) in [6.45, 7) is 12.4. The maximum Gasteiger partial charge on any atom is 0.0645 e. The molecular weight excluding hydrogens is 212 g/mol. The van der Waals surface area contributed by atoms with Crippen LogP contribution in [-0.2, 0) is 0 Å². The molecule has 0 nitrogen and oxygen atoms in total. The van der Waals surface area contributed by atoms with Crippen LogP contribution < -0.4 is 0 Å². The van der Waals surface area contributed by atoms with Gasteiger partial charge in [-0.15, -0.1) is 0 Å². The molecule has 1 aromatic carbocycles. The van der Waals surface area contributed by atoms with E-state index in [1.54, 1.807) is 0 Å². The molecule has 0 aliphatic heterocycles. The summed E-state index contributed by atoms with van der Waals surface area (Å²) >= 11 is 0. The molecule has 0 spiro atoms. The van der Waals surface area contributed by atoms with Crippen molar-refractivity contribution < 1.29 is 0 Å². The maximum absolute atomic E-state index is 2.51. The van der Waals surface area contributed by atoms with Crippen molar-refractivity contribution in [1.82, 2.24) is 0 Å². The molecule has 0 aromatic heterocycles. The number of hydrogen-bond donors (Lipinski definition) is 0. The van der Waals surface area contributed by atoms with Crippen molar-refractivity contribution in [3.05, 3.63) is 41.6 Å². The molecule has 0 fully saturated rings. The molecule has 0 N–H and O–H groups in total. The molecule has 2 heteroatoms. The minimum atomic E-state index is -1.13. The van der Waals surface area contributed by atoms with Crippen molar-refractivity contribution in [3.63, 3.8) is 0 Å². The van der Waals surface area contributed by atoms with Gasteiger partial charge in [0.15, 0.2) is 0 Å². The van der Waals surface area contributed by atoms with Gasteiger partial charge in [-0.25, -0.2) is 0 Å². The lowest BCUT2D eigenvalue weighted by Crippen LogP contribution is -2.50. The molecule has 0 bridgehead atoms. The average Bonchev–Trinajstić information content (AvgIpc) is 2.15. The van der Waals surface area contributed by atoms with Crippen LogP contribution in [0.5, 0.6) is 0 Å². The second kappa shape index (κ2) is 4.50. The van der Waals surface area contributed by atoms with Gasteiger partial charge >= 0.3 is 0 Å². The van der Waals surface area contributed by atoms with Crippen molar-refractivity contribution in [2.24, 2.45) is 0 Å². The van der Waals surface area contributed by atoms with E-state index in [-0.39, 0.29) is 0 Å². The van der Waals surface area contributed by atoms with Gasteiger partial charge in [-0.2, -0.15) is 0 Å². The third kappa shape index (κ3) is 3.47. The molecule has 0 radical (unpaired) electrons. The highest BCUT2D eigenvalue weighted by molar-refractivity contribution is 7.42. The summed E-state index contributed by atoms with van der Waals surface area (Å²) in [6, 6.07) is 10.6. The normalized spacial score (nSPS) is 13.4. The van der Waals surface area contributed by atoms with Gasteiger partial charge in [0.1, 0.15) is 0 Å². The molecule has 0 heterocycles. The Labute approximate surface area is 95.8 Å². The second-order valence-corrected chi connectivity index (χ2v) is 22.4.